The average Bonchev–Trinajstić information content (AvgIpc) is 2.20. The van der Waals surface area contributed by atoms with Gasteiger partial charge in [-0.2, -0.15) is 0 Å². The van der Waals surface area contributed by atoms with Gasteiger partial charge in [0.25, 0.3) is 0 Å². The van der Waals surface area contributed by atoms with Crippen LogP contribution in [0.5, 0.6) is 0 Å². The molecule has 2 unspecified atom stereocenters. The van der Waals surface area contributed by atoms with Gasteiger partial charge in [0.1, 0.15) is 0 Å². The minimum Gasteiger partial charge on any atom is -0.392 e. The van der Waals surface area contributed by atoms with E-state index in [1.807, 2.05) is 6.92 Å². The molecule has 15 heavy (non-hydrogen) atoms. The molecule has 1 N–H and O–H groups in total. The fourth-order valence-electron chi connectivity index (χ4n) is 1.03. The van der Waals surface area contributed by atoms with Crippen molar-refractivity contribution in [1.82, 2.24) is 0 Å². The largest absolute Gasteiger partial charge is 0.392 e. The number of halogens is 1. The normalized spacial score (nSPS) is 14.7. The van der Waals surface area contributed by atoms with Crippen LogP contribution in [0.1, 0.15) is 24.2 Å². The predicted octanol–water partition coefficient (Wildman–Crippen LogP) is 3.01. The van der Waals surface area contributed by atoms with E-state index in [0.717, 1.165) is 11.2 Å². The minimum absolute atomic E-state index is 0.00333. The lowest BCUT2D eigenvalue weighted by atomic mass is 10.2. The molecular weight excluding hydrogens is 232 g/mol. The molecule has 0 fully saturated rings. The van der Waals surface area contributed by atoms with Gasteiger partial charge in [0, 0.05) is 15.7 Å². The van der Waals surface area contributed by atoms with E-state index in [2.05, 4.69) is 0 Å². The SMILES string of the molecule is CC(O)C(C)Sc1c(Cl)cccc1C=O. The van der Waals surface area contributed by atoms with E-state index in [0.29, 0.717) is 10.6 Å². The maximum atomic E-state index is 10.8. The molecule has 0 saturated carbocycles. The number of aldehydes is 1. The number of rotatable bonds is 4. The van der Waals surface area contributed by atoms with E-state index >= 15 is 0 Å². The molecule has 0 radical (unpaired) electrons. The van der Waals surface area contributed by atoms with E-state index in [-0.39, 0.29) is 5.25 Å². The summed E-state index contributed by atoms with van der Waals surface area (Å²) in [7, 11) is 0. The van der Waals surface area contributed by atoms with Crippen molar-refractivity contribution in [3.63, 3.8) is 0 Å². The van der Waals surface area contributed by atoms with E-state index in [1.54, 1.807) is 25.1 Å². The summed E-state index contributed by atoms with van der Waals surface area (Å²) in [5, 5.41) is 9.94. The average molecular weight is 245 g/mol. The summed E-state index contributed by atoms with van der Waals surface area (Å²) >= 11 is 7.41. The highest BCUT2D eigenvalue weighted by atomic mass is 35.5. The topological polar surface area (TPSA) is 37.3 Å². The van der Waals surface area contributed by atoms with Gasteiger partial charge >= 0.3 is 0 Å². The molecule has 0 bridgehead atoms. The van der Waals surface area contributed by atoms with Gasteiger partial charge in [-0.05, 0) is 13.0 Å². The van der Waals surface area contributed by atoms with Crippen molar-refractivity contribution in [1.29, 1.82) is 0 Å². The van der Waals surface area contributed by atoms with Crippen LogP contribution in [0.25, 0.3) is 0 Å². The third-order valence-corrected chi connectivity index (χ3v) is 3.99. The monoisotopic (exact) mass is 244 g/mol. The summed E-state index contributed by atoms with van der Waals surface area (Å²) in [5.41, 5.74) is 0.569. The molecule has 2 atom stereocenters. The van der Waals surface area contributed by atoms with Crippen LogP contribution >= 0.6 is 23.4 Å². The standard InChI is InChI=1S/C11H13ClO2S/c1-7(14)8(2)15-11-9(6-13)4-3-5-10(11)12/h3-8,14H,1-2H3. The third-order valence-electron chi connectivity index (χ3n) is 2.11. The Labute approximate surface area is 98.6 Å². The van der Waals surface area contributed by atoms with Gasteiger partial charge in [-0.25, -0.2) is 0 Å². The number of carbonyl (C=O) groups excluding carboxylic acids is 1. The third kappa shape index (κ3) is 3.23. The first-order chi connectivity index (χ1) is 7.06. The maximum Gasteiger partial charge on any atom is 0.151 e. The lowest BCUT2D eigenvalue weighted by molar-refractivity contribution is 0.112. The number of carbonyl (C=O) groups is 1. The van der Waals surface area contributed by atoms with Crippen LogP contribution in [0.4, 0.5) is 0 Å². The van der Waals surface area contributed by atoms with Crippen molar-refractivity contribution in [2.75, 3.05) is 0 Å². The second-order valence-corrected chi connectivity index (χ2v) is 5.13. The zero-order chi connectivity index (χ0) is 11.4. The molecule has 0 saturated heterocycles. The Morgan fingerprint density at radius 1 is 1.47 bits per heavy atom. The summed E-state index contributed by atoms with van der Waals surface area (Å²) in [4.78, 5) is 11.5. The van der Waals surface area contributed by atoms with Crippen molar-refractivity contribution < 1.29 is 9.90 Å². The van der Waals surface area contributed by atoms with Gasteiger partial charge in [0.15, 0.2) is 6.29 Å². The van der Waals surface area contributed by atoms with Gasteiger partial charge in [-0.3, -0.25) is 4.79 Å². The first-order valence-corrected chi connectivity index (χ1v) is 5.90. The van der Waals surface area contributed by atoms with Crippen LogP contribution in [0.2, 0.25) is 5.02 Å². The van der Waals surface area contributed by atoms with Crippen molar-refractivity contribution in [2.45, 2.75) is 30.1 Å². The summed E-state index contributed by atoms with van der Waals surface area (Å²) in [6.07, 6.45) is 0.342. The second kappa shape index (κ2) is 5.54. The summed E-state index contributed by atoms with van der Waals surface area (Å²) in [5.74, 6) is 0. The molecule has 0 spiro atoms. The van der Waals surface area contributed by atoms with Crippen LogP contribution in [0, 0.1) is 0 Å². The van der Waals surface area contributed by atoms with Crippen LogP contribution in [-0.2, 0) is 0 Å². The predicted molar refractivity (Wildman–Crippen MR) is 63.8 cm³/mol. The van der Waals surface area contributed by atoms with Crippen LogP contribution < -0.4 is 0 Å². The van der Waals surface area contributed by atoms with E-state index < -0.39 is 6.10 Å². The fourth-order valence-corrected chi connectivity index (χ4v) is 2.34. The molecule has 0 aromatic heterocycles. The quantitative estimate of drug-likeness (QED) is 0.654. The maximum absolute atomic E-state index is 10.8. The smallest absolute Gasteiger partial charge is 0.151 e. The molecule has 2 nitrogen and oxygen atoms in total. The Bertz CT molecular complexity index is 352. The zero-order valence-electron chi connectivity index (χ0n) is 8.61. The summed E-state index contributed by atoms with van der Waals surface area (Å²) < 4.78 is 0. The van der Waals surface area contributed by atoms with Crippen LogP contribution in [0.3, 0.4) is 0 Å². The molecular formula is C11H13ClO2S. The highest BCUT2D eigenvalue weighted by molar-refractivity contribution is 8.00. The molecule has 0 aliphatic carbocycles. The highest BCUT2D eigenvalue weighted by Crippen LogP contribution is 2.33. The van der Waals surface area contributed by atoms with Crippen molar-refractivity contribution in [2.24, 2.45) is 0 Å². The summed E-state index contributed by atoms with van der Waals surface area (Å²) in [6, 6.07) is 5.20. The number of hydrogen-bond donors (Lipinski definition) is 1. The minimum atomic E-state index is -0.439. The van der Waals surface area contributed by atoms with E-state index in [4.69, 9.17) is 11.6 Å². The number of hydrogen-bond acceptors (Lipinski definition) is 3. The summed E-state index contributed by atoms with van der Waals surface area (Å²) in [6.45, 7) is 3.61. The molecule has 1 aromatic rings. The molecule has 0 heterocycles. The van der Waals surface area contributed by atoms with Crippen LogP contribution in [0.15, 0.2) is 23.1 Å². The van der Waals surface area contributed by atoms with Gasteiger partial charge in [0.05, 0.1) is 11.1 Å². The Morgan fingerprint density at radius 3 is 2.67 bits per heavy atom. The fraction of sp³-hybridized carbons (Fsp3) is 0.364. The Balaban J connectivity index is 2.97. The van der Waals surface area contributed by atoms with Gasteiger partial charge < -0.3 is 5.11 Å². The van der Waals surface area contributed by atoms with Crippen LogP contribution in [-0.4, -0.2) is 22.7 Å². The van der Waals surface area contributed by atoms with Gasteiger partial charge in [0.2, 0.25) is 0 Å². The van der Waals surface area contributed by atoms with E-state index in [1.165, 1.54) is 11.8 Å². The first kappa shape index (κ1) is 12.6. The lowest BCUT2D eigenvalue weighted by Crippen LogP contribution is -2.15. The zero-order valence-corrected chi connectivity index (χ0v) is 10.2. The van der Waals surface area contributed by atoms with Crippen molar-refractivity contribution in [3.05, 3.63) is 28.8 Å². The van der Waals surface area contributed by atoms with Gasteiger partial charge in [-0.1, -0.05) is 30.7 Å². The number of aliphatic hydroxyl groups is 1. The Hall–Kier alpha value is -0.510. The van der Waals surface area contributed by atoms with Gasteiger partial charge in [-0.15, -0.1) is 11.8 Å². The first-order valence-electron chi connectivity index (χ1n) is 4.64. The molecule has 0 aliphatic rings. The molecule has 0 amide bonds. The second-order valence-electron chi connectivity index (χ2n) is 3.34. The number of thioether (sulfide) groups is 1. The van der Waals surface area contributed by atoms with Crippen molar-refractivity contribution in [3.8, 4) is 0 Å². The number of benzene rings is 1. The Morgan fingerprint density at radius 2 is 2.13 bits per heavy atom. The molecule has 1 rings (SSSR count). The molecule has 82 valence electrons. The highest BCUT2D eigenvalue weighted by Gasteiger charge is 2.15. The molecule has 4 heteroatoms. The van der Waals surface area contributed by atoms with Crippen molar-refractivity contribution >= 4 is 29.6 Å². The Kier molecular flexibility index (Phi) is 4.64. The molecule has 1 aromatic carbocycles. The number of aliphatic hydroxyl groups excluding tert-OH is 1. The van der Waals surface area contributed by atoms with E-state index in [9.17, 15) is 9.90 Å². The molecule has 0 aliphatic heterocycles. The lowest BCUT2D eigenvalue weighted by Gasteiger charge is -2.15.